The number of thioether (sulfide) groups is 1. The number of hydrogen-bond acceptors (Lipinski definition) is 11. The smallest absolute Gasteiger partial charge is 0.353 e. The maximum Gasteiger partial charge on any atom is 0.353 e. The second-order valence-corrected chi connectivity index (χ2v) is 11.2. The summed E-state index contributed by atoms with van der Waals surface area (Å²) in [4.78, 5) is 73.4. The van der Waals surface area contributed by atoms with Crippen molar-refractivity contribution in [2.24, 2.45) is 0 Å². The lowest BCUT2D eigenvalue weighted by Gasteiger charge is -2.49. The maximum absolute atomic E-state index is 13.6. The molecule has 0 spiro atoms. The second kappa shape index (κ2) is 11.3. The van der Waals surface area contributed by atoms with Crippen LogP contribution in [0, 0.1) is 0 Å². The van der Waals surface area contributed by atoms with Crippen LogP contribution < -0.4 is 16.1 Å². The summed E-state index contributed by atoms with van der Waals surface area (Å²) in [7, 11) is 0. The van der Waals surface area contributed by atoms with Crippen LogP contribution in [0.25, 0.3) is 11.0 Å². The molecule has 17 heteroatoms. The fourth-order valence-electron chi connectivity index (χ4n) is 4.92. The Morgan fingerprint density at radius 1 is 1.18 bits per heavy atom. The van der Waals surface area contributed by atoms with Gasteiger partial charge in [-0.2, -0.15) is 15.4 Å². The molecule has 1 fully saturated rings. The van der Waals surface area contributed by atoms with Crippen molar-refractivity contribution < 1.29 is 29.4 Å². The Morgan fingerprint density at radius 2 is 2.00 bits per heavy atom. The monoisotopic (exact) mass is 632 g/mol. The zero-order valence-electron chi connectivity index (χ0n) is 22.2. The summed E-state index contributed by atoms with van der Waals surface area (Å²) in [6.45, 7) is 0. The van der Waals surface area contributed by atoms with Gasteiger partial charge < -0.3 is 25.8 Å². The third kappa shape index (κ3) is 4.96. The first-order valence-electron chi connectivity index (χ1n) is 12.8. The highest BCUT2D eigenvalue weighted by Gasteiger charge is 2.55. The number of β-lactam (4-membered cyclic amide) rings is 1. The highest BCUT2D eigenvalue weighted by molar-refractivity contribution is 8.00. The summed E-state index contributed by atoms with van der Waals surface area (Å²) in [5, 5.41) is 34.3. The Balaban J connectivity index is 1.26. The van der Waals surface area contributed by atoms with E-state index in [2.05, 4.69) is 36.0 Å². The number of hydrogen-bond donors (Lipinski definition) is 6. The van der Waals surface area contributed by atoms with Crippen molar-refractivity contribution in [2.75, 3.05) is 5.75 Å². The number of carboxylic acids is 1. The number of carbonyl (C=O) groups excluding carboxylic acids is 3. The number of pyridine rings is 2. The van der Waals surface area contributed by atoms with Crippen molar-refractivity contribution >= 4 is 63.6 Å². The Morgan fingerprint density at radius 3 is 2.73 bits per heavy atom. The number of aromatic hydroxyl groups is 1. The number of phenols is 1. The molecule has 6 rings (SSSR count). The quantitative estimate of drug-likeness (QED) is 0.0881. The van der Waals surface area contributed by atoms with Crippen molar-refractivity contribution in [1.29, 1.82) is 0 Å². The Hall–Kier alpha value is -5.42. The van der Waals surface area contributed by atoms with Gasteiger partial charge in [0.15, 0.2) is 0 Å². The number of fused-ring (bicyclic) bond motifs is 2. The molecule has 2 aliphatic rings. The van der Waals surface area contributed by atoms with Gasteiger partial charge in [0.25, 0.3) is 11.8 Å². The zero-order chi connectivity index (χ0) is 31.1. The van der Waals surface area contributed by atoms with E-state index in [1.165, 1.54) is 54.6 Å². The molecule has 0 saturated carbocycles. The lowest BCUT2D eigenvalue weighted by molar-refractivity contribution is -0.150. The fraction of sp³-hybridized carbons (Fsp3) is 0.148. The molecule has 44 heavy (non-hydrogen) atoms. The molecule has 15 nitrogen and oxygen atoms in total. The van der Waals surface area contributed by atoms with Crippen LogP contribution in [0.3, 0.4) is 0 Å². The first-order chi connectivity index (χ1) is 21.2. The van der Waals surface area contributed by atoms with E-state index in [-0.39, 0.29) is 50.0 Å². The topological polar surface area (TPSA) is 223 Å². The number of aromatic nitrogens is 5. The number of rotatable bonds is 8. The van der Waals surface area contributed by atoms with E-state index in [4.69, 9.17) is 12.2 Å². The highest BCUT2D eigenvalue weighted by Crippen LogP contribution is 2.41. The van der Waals surface area contributed by atoms with Gasteiger partial charge in [0.1, 0.15) is 45.7 Å². The first kappa shape index (κ1) is 28.7. The highest BCUT2D eigenvalue weighted by atomic mass is 32.2. The number of aliphatic carboxylic acids is 1. The van der Waals surface area contributed by atoms with Crippen LogP contribution in [0.1, 0.15) is 27.7 Å². The molecule has 2 unspecified atom stereocenters. The summed E-state index contributed by atoms with van der Waals surface area (Å²) in [6, 6.07) is 6.20. The third-order valence-electron chi connectivity index (χ3n) is 7.02. The molecule has 0 radical (unpaired) electrons. The molecule has 0 bridgehead atoms. The Labute approximate surface area is 255 Å². The summed E-state index contributed by atoms with van der Waals surface area (Å²) in [5.74, 6) is -3.90. The van der Waals surface area contributed by atoms with Gasteiger partial charge in [-0.3, -0.25) is 29.1 Å². The van der Waals surface area contributed by atoms with E-state index in [0.29, 0.717) is 5.52 Å². The van der Waals surface area contributed by atoms with E-state index in [0.717, 1.165) is 4.90 Å². The Kier molecular flexibility index (Phi) is 7.40. The van der Waals surface area contributed by atoms with Gasteiger partial charge in [-0.1, -0.05) is 24.4 Å². The lowest BCUT2D eigenvalue weighted by atomic mass is 9.99. The van der Waals surface area contributed by atoms with E-state index < -0.39 is 46.6 Å². The van der Waals surface area contributed by atoms with Gasteiger partial charge in [0.2, 0.25) is 11.3 Å². The van der Waals surface area contributed by atoms with Crippen LogP contribution in [0.15, 0.2) is 71.1 Å². The molecule has 4 aromatic rings. The summed E-state index contributed by atoms with van der Waals surface area (Å²) < 4.78 is 0. The van der Waals surface area contributed by atoms with Gasteiger partial charge in [-0.15, -0.1) is 11.8 Å². The molecule has 3 amide bonds. The number of phenolic OH excluding ortho intramolecular Hbond substituents is 1. The predicted molar refractivity (Wildman–Crippen MR) is 158 cm³/mol. The molecular weight excluding hydrogens is 612 g/mol. The van der Waals surface area contributed by atoms with E-state index in [9.17, 15) is 34.2 Å². The first-order valence-corrected chi connectivity index (χ1v) is 14.3. The van der Waals surface area contributed by atoms with Crippen LogP contribution in [-0.2, 0) is 14.4 Å². The van der Waals surface area contributed by atoms with Crippen molar-refractivity contribution in [2.45, 2.75) is 17.5 Å². The second-order valence-electron chi connectivity index (χ2n) is 9.65. The van der Waals surface area contributed by atoms with Crippen molar-refractivity contribution in [3.63, 3.8) is 0 Å². The zero-order valence-corrected chi connectivity index (χ0v) is 23.8. The van der Waals surface area contributed by atoms with Crippen LogP contribution >= 0.6 is 24.0 Å². The normalized spacial score (nSPS) is 18.3. The van der Waals surface area contributed by atoms with Gasteiger partial charge in [0, 0.05) is 23.7 Å². The number of thiocarbonyl (C=S) groups is 1. The van der Waals surface area contributed by atoms with E-state index >= 15 is 0 Å². The number of aromatic amines is 2. The van der Waals surface area contributed by atoms with Crippen molar-refractivity contribution in [3.8, 4) is 5.75 Å². The van der Waals surface area contributed by atoms with Crippen molar-refractivity contribution in [1.82, 2.24) is 40.9 Å². The minimum Gasteiger partial charge on any atom is -0.508 e. The molecule has 1 aromatic carbocycles. The fourth-order valence-corrected chi connectivity index (χ4v) is 6.64. The SMILES string of the molecule is O=C(O)C1=C(C(=S)c2cn[nH]n2)CS[C@H]2C(NC(=O)C(NC(=O)c3c[nH]c4cccnc4c3=O)c3cccc(O)c3)C(=O)N12. The number of amides is 3. The molecule has 222 valence electrons. The van der Waals surface area contributed by atoms with Crippen LogP contribution in [0.4, 0.5) is 0 Å². The van der Waals surface area contributed by atoms with Gasteiger partial charge in [0.05, 0.1) is 16.6 Å². The lowest BCUT2D eigenvalue weighted by Crippen LogP contribution is -2.71. The number of carboxylic acid groups (broad SMARTS) is 1. The molecule has 6 N–H and O–H groups in total. The summed E-state index contributed by atoms with van der Waals surface area (Å²) in [6.07, 6.45) is 3.94. The van der Waals surface area contributed by atoms with Crippen molar-refractivity contribution in [3.05, 3.63) is 93.3 Å². The largest absolute Gasteiger partial charge is 0.508 e. The average molecular weight is 633 g/mol. The van der Waals surface area contributed by atoms with Gasteiger partial charge in [-0.25, -0.2) is 4.79 Å². The molecule has 1 saturated heterocycles. The molecule has 3 atom stereocenters. The Bertz CT molecular complexity index is 1960. The standard InChI is InChI=1S/C27H20N8O7S2/c36-12-4-1-3-11(7-12)17(31-23(38)13-8-29-15-5-2-6-28-18(15)21(13)37)24(39)32-19-25(40)35-20(27(41)42)14(10-44-26(19)35)22(43)16-9-30-34-33-16/h1-9,17,19,26,36H,10H2,(H,29,37)(H,31,38)(H,32,39)(H,41,42)(H,30,33,34)/t17?,19?,26-/m0/s1. The molecular formula is C27H20N8O7S2. The minimum atomic E-state index is -1.45. The summed E-state index contributed by atoms with van der Waals surface area (Å²) >= 11 is 6.59. The minimum absolute atomic E-state index is 0.0256. The van der Waals surface area contributed by atoms with E-state index in [1.54, 1.807) is 12.1 Å². The molecule has 3 aromatic heterocycles. The number of nitrogens with zero attached hydrogens (tertiary/aromatic N) is 4. The average Bonchev–Trinajstić information content (AvgIpc) is 3.56. The van der Waals surface area contributed by atoms with Crippen LogP contribution in [0.2, 0.25) is 0 Å². The maximum atomic E-state index is 13.6. The number of carbonyl (C=O) groups is 4. The summed E-state index contributed by atoms with van der Waals surface area (Å²) in [5.41, 5.74) is -0.238. The van der Waals surface area contributed by atoms with E-state index in [1.807, 2.05) is 0 Å². The molecule has 5 heterocycles. The molecule has 0 aliphatic carbocycles. The van der Waals surface area contributed by atoms with Crippen LogP contribution in [0.5, 0.6) is 5.75 Å². The molecule has 2 aliphatic heterocycles. The number of benzene rings is 1. The third-order valence-corrected chi connectivity index (χ3v) is 8.75. The van der Waals surface area contributed by atoms with Crippen LogP contribution in [-0.4, -0.2) is 86.2 Å². The van der Waals surface area contributed by atoms with Gasteiger partial charge >= 0.3 is 5.97 Å². The number of H-pyrrole nitrogens is 2. The van der Waals surface area contributed by atoms with Gasteiger partial charge in [-0.05, 0) is 29.8 Å². The number of nitrogens with one attached hydrogen (secondary N) is 4. The predicted octanol–water partition coefficient (Wildman–Crippen LogP) is 0.375.